The average Bonchev–Trinajstić information content (AvgIpc) is 2.83. The van der Waals surface area contributed by atoms with E-state index in [1.165, 1.54) is 12.5 Å². The van der Waals surface area contributed by atoms with Gasteiger partial charge in [0.2, 0.25) is 10.0 Å². The predicted molar refractivity (Wildman–Crippen MR) is 69.0 cm³/mol. The van der Waals surface area contributed by atoms with Crippen molar-refractivity contribution in [1.82, 2.24) is 4.72 Å². The van der Waals surface area contributed by atoms with Gasteiger partial charge in [-0.2, -0.15) is 0 Å². The van der Waals surface area contributed by atoms with Crippen molar-refractivity contribution in [1.29, 1.82) is 0 Å². The fourth-order valence-corrected chi connectivity index (χ4v) is 2.59. The minimum absolute atomic E-state index is 0.0644. The Morgan fingerprint density at radius 3 is 2.44 bits per heavy atom. The van der Waals surface area contributed by atoms with Crippen LogP contribution in [0.25, 0.3) is 0 Å². The molecule has 96 valence electrons. The van der Waals surface area contributed by atoms with E-state index in [0.717, 1.165) is 5.56 Å². The smallest absolute Gasteiger partial charge is 0.216 e. The summed E-state index contributed by atoms with van der Waals surface area (Å²) >= 11 is 0. The molecule has 18 heavy (non-hydrogen) atoms. The fourth-order valence-electron chi connectivity index (χ4n) is 1.47. The van der Waals surface area contributed by atoms with Gasteiger partial charge in [0.05, 0.1) is 18.3 Å². The molecule has 6 heteroatoms. The number of hydrogen-bond acceptors (Lipinski definition) is 4. The van der Waals surface area contributed by atoms with E-state index in [4.69, 9.17) is 10.2 Å². The lowest BCUT2D eigenvalue weighted by molar-refractivity contribution is 0.561. The van der Waals surface area contributed by atoms with Crippen LogP contribution in [0.2, 0.25) is 0 Å². The van der Waals surface area contributed by atoms with E-state index >= 15 is 0 Å². The number of rotatable bonds is 5. The molecule has 2 rings (SSSR count). The molecule has 0 fully saturated rings. The summed E-state index contributed by atoms with van der Waals surface area (Å²) in [5.74, 6) is -0.0644. The van der Waals surface area contributed by atoms with E-state index in [0.29, 0.717) is 11.3 Å². The van der Waals surface area contributed by atoms with Gasteiger partial charge in [-0.15, -0.1) is 0 Å². The molecule has 0 radical (unpaired) electrons. The van der Waals surface area contributed by atoms with Crippen molar-refractivity contribution >= 4 is 15.7 Å². The van der Waals surface area contributed by atoms with Crippen molar-refractivity contribution in [3.8, 4) is 0 Å². The van der Waals surface area contributed by atoms with Crippen LogP contribution >= 0.6 is 0 Å². The average molecular weight is 266 g/mol. The molecule has 1 aromatic heterocycles. The zero-order valence-corrected chi connectivity index (χ0v) is 10.5. The fraction of sp³-hybridized carbons (Fsp3) is 0.167. The van der Waals surface area contributed by atoms with E-state index in [1.807, 2.05) is 0 Å². The van der Waals surface area contributed by atoms with Crippen LogP contribution < -0.4 is 10.5 Å². The summed E-state index contributed by atoms with van der Waals surface area (Å²) in [7, 11) is -3.36. The van der Waals surface area contributed by atoms with Gasteiger partial charge in [-0.3, -0.25) is 0 Å². The van der Waals surface area contributed by atoms with Crippen molar-refractivity contribution in [2.75, 3.05) is 5.73 Å². The highest BCUT2D eigenvalue weighted by Crippen LogP contribution is 2.09. The standard InChI is InChI=1S/C12H14N2O3S/c13-12-3-1-10(2-4-12)9-18(15,16)14-7-11-5-6-17-8-11/h1-6,8,14H,7,9,13H2. The number of benzene rings is 1. The van der Waals surface area contributed by atoms with Gasteiger partial charge in [0.1, 0.15) is 0 Å². The Morgan fingerprint density at radius 1 is 1.11 bits per heavy atom. The topological polar surface area (TPSA) is 85.3 Å². The molecule has 0 bridgehead atoms. The molecule has 0 aliphatic rings. The van der Waals surface area contributed by atoms with Crippen LogP contribution in [0, 0.1) is 0 Å². The largest absolute Gasteiger partial charge is 0.472 e. The quantitative estimate of drug-likeness (QED) is 0.803. The first-order valence-electron chi connectivity index (χ1n) is 5.38. The summed E-state index contributed by atoms with van der Waals surface area (Å²) in [6, 6.07) is 8.48. The lowest BCUT2D eigenvalue weighted by Gasteiger charge is -2.05. The van der Waals surface area contributed by atoms with Gasteiger partial charge >= 0.3 is 0 Å². The van der Waals surface area contributed by atoms with Crippen LogP contribution in [0.15, 0.2) is 47.3 Å². The Morgan fingerprint density at radius 2 is 1.83 bits per heavy atom. The number of hydrogen-bond donors (Lipinski definition) is 2. The molecule has 5 nitrogen and oxygen atoms in total. The normalized spacial score (nSPS) is 11.6. The molecule has 2 aromatic rings. The SMILES string of the molecule is Nc1ccc(CS(=O)(=O)NCc2ccoc2)cc1. The van der Waals surface area contributed by atoms with E-state index in [1.54, 1.807) is 30.3 Å². The second-order valence-electron chi connectivity index (χ2n) is 3.95. The monoisotopic (exact) mass is 266 g/mol. The number of nitrogen functional groups attached to an aromatic ring is 1. The lowest BCUT2D eigenvalue weighted by atomic mass is 10.2. The van der Waals surface area contributed by atoms with Gasteiger partial charge in [-0.25, -0.2) is 13.1 Å². The Labute approximate surface area is 106 Å². The van der Waals surface area contributed by atoms with E-state index in [-0.39, 0.29) is 12.3 Å². The number of nitrogens with one attached hydrogen (secondary N) is 1. The second-order valence-corrected chi connectivity index (χ2v) is 5.76. The Bertz CT molecular complexity index is 589. The number of furan rings is 1. The number of anilines is 1. The lowest BCUT2D eigenvalue weighted by Crippen LogP contribution is -2.24. The highest BCUT2D eigenvalue weighted by atomic mass is 32.2. The zero-order chi connectivity index (χ0) is 13.0. The first-order valence-corrected chi connectivity index (χ1v) is 7.03. The molecule has 0 aliphatic heterocycles. The summed E-state index contributed by atoms with van der Waals surface area (Å²) in [5.41, 5.74) is 7.64. The maximum atomic E-state index is 11.8. The molecule has 0 atom stereocenters. The predicted octanol–water partition coefficient (Wildman–Crippen LogP) is 1.48. The van der Waals surface area contributed by atoms with Crippen LogP contribution in [0.1, 0.15) is 11.1 Å². The van der Waals surface area contributed by atoms with Crippen molar-refractivity contribution in [2.45, 2.75) is 12.3 Å². The van der Waals surface area contributed by atoms with E-state index in [2.05, 4.69) is 4.72 Å². The molecule has 0 unspecified atom stereocenters. The summed E-state index contributed by atoms with van der Waals surface area (Å²) in [5, 5.41) is 0. The third kappa shape index (κ3) is 3.61. The molecule has 1 heterocycles. The molecule has 1 aromatic carbocycles. The Kier molecular flexibility index (Phi) is 3.69. The van der Waals surface area contributed by atoms with Gasteiger partial charge in [-0.1, -0.05) is 12.1 Å². The maximum Gasteiger partial charge on any atom is 0.216 e. The van der Waals surface area contributed by atoms with E-state index in [9.17, 15) is 8.42 Å². The van der Waals surface area contributed by atoms with Crippen molar-refractivity contribution < 1.29 is 12.8 Å². The first-order chi connectivity index (χ1) is 8.55. The summed E-state index contributed by atoms with van der Waals surface area (Å²) in [6.45, 7) is 0.230. The Balaban J connectivity index is 1.97. The molecular weight excluding hydrogens is 252 g/mol. The Hall–Kier alpha value is -1.79. The third-order valence-corrected chi connectivity index (χ3v) is 3.71. The maximum absolute atomic E-state index is 11.8. The summed E-state index contributed by atoms with van der Waals surface area (Å²) in [4.78, 5) is 0. The van der Waals surface area contributed by atoms with Crippen molar-refractivity contribution in [3.05, 3.63) is 54.0 Å². The zero-order valence-electron chi connectivity index (χ0n) is 9.67. The molecular formula is C12H14N2O3S. The molecule has 0 saturated heterocycles. The van der Waals surface area contributed by atoms with Crippen molar-refractivity contribution in [2.24, 2.45) is 0 Å². The first kappa shape index (κ1) is 12.7. The van der Waals surface area contributed by atoms with Gasteiger partial charge in [0.15, 0.2) is 0 Å². The van der Waals surface area contributed by atoms with Gasteiger partial charge in [0.25, 0.3) is 0 Å². The summed E-state index contributed by atoms with van der Waals surface area (Å²) in [6.07, 6.45) is 3.01. The van der Waals surface area contributed by atoms with Crippen LogP contribution in [-0.4, -0.2) is 8.42 Å². The van der Waals surface area contributed by atoms with E-state index < -0.39 is 10.0 Å². The minimum Gasteiger partial charge on any atom is -0.472 e. The second kappa shape index (κ2) is 5.24. The molecule has 0 saturated carbocycles. The van der Waals surface area contributed by atoms with Crippen LogP contribution in [0.4, 0.5) is 5.69 Å². The number of sulfonamides is 1. The molecule has 0 aliphatic carbocycles. The highest BCUT2D eigenvalue weighted by molar-refractivity contribution is 7.88. The van der Waals surface area contributed by atoms with Crippen LogP contribution in [0.3, 0.4) is 0 Å². The number of nitrogens with two attached hydrogens (primary N) is 1. The minimum atomic E-state index is -3.36. The van der Waals surface area contributed by atoms with Crippen LogP contribution in [-0.2, 0) is 22.3 Å². The van der Waals surface area contributed by atoms with Gasteiger partial charge in [0, 0.05) is 17.8 Å². The summed E-state index contributed by atoms with van der Waals surface area (Å²) < 4.78 is 31.0. The van der Waals surface area contributed by atoms with Crippen LogP contribution in [0.5, 0.6) is 0 Å². The molecule has 0 spiro atoms. The van der Waals surface area contributed by atoms with Crippen molar-refractivity contribution in [3.63, 3.8) is 0 Å². The highest BCUT2D eigenvalue weighted by Gasteiger charge is 2.11. The van der Waals surface area contributed by atoms with Gasteiger partial charge < -0.3 is 10.2 Å². The third-order valence-electron chi connectivity index (χ3n) is 2.41. The van der Waals surface area contributed by atoms with Gasteiger partial charge in [-0.05, 0) is 23.8 Å². The molecule has 3 N–H and O–H groups in total. The molecule has 0 amide bonds.